The lowest BCUT2D eigenvalue weighted by molar-refractivity contribution is 0.281. The Balaban J connectivity index is 2.15. The van der Waals surface area contributed by atoms with Crippen LogP contribution in [0.2, 0.25) is 0 Å². The summed E-state index contributed by atoms with van der Waals surface area (Å²) in [5.41, 5.74) is 1.36. The number of rotatable bonds is 3. The molecule has 0 fully saturated rings. The van der Waals surface area contributed by atoms with Gasteiger partial charge in [-0.15, -0.1) is 0 Å². The number of hydrogen-bond acceptors (Lipinski definition) is 3. The van der Waals surface area contributed by atoms with Crippen LogP contribution in [0.4, 0.5) is 8.78 Å². The number of aliphatic hydroxyl groups excluding tert-OH is 1. The Kier molecular flexibility index (Phi) is 3.50. The molecule has 0 unspecified atom stereocenters. The highest BCUT2D eigenvalue weighted by Crippen LogP contribution is 2.33. The highest BCUT2D eigenvalue weighted by molar-refractivity contribution is 5.72. The zero-order valence-corrected chi connectivity index (χ0v) is 10.9. The Morgan fingerprint density at radius 2 is 1.81 bits per heavy atom. The number of aromatic nitrogens is 1. The van der Waals surface area contributed by atoms with Crippen molar-refractivity contribution < 1.29 is 18.4 Å². The van der Waals surface area contributed by atoms with Crippen LogP contribution in [-0.4, -0.2) is 10.3 Å². The maximum Gasteiger partial charge on any atom is 0.173 e. The third kappa shape index (κ3) is 2.43. The van der Waals surface area contributed by atoms with Crippen molar-refractivity contribution in [3.8, 4) is 22.6 Å². The summed E-state index contributed by atoms with van der Waals surface area (Å²) in [5.74, 6) is -1.05. The quantitative estimate of drug-likeness (QED) is 0.797. The number of hydrogen-bond donors (Lipinski definition) is 1. The van der Waals surface area contributed by atoms with Gasteiger partial charge in [-0.05, 0) is 12.1 Å². The highest BCUT2D eigenvalue weighted by atomic mass is 19.1. The fourth-order valence-corrected chi connectivity index (χ4v) is 2.17. The first-order valence-electron chi connectivity index (χ1n) is 6.31. The second kappa shape index (κ2) is 5.46. The van der Waals surface area contributed by atoms with Gasteiger partial charge in [0.15, 0.2) is 5.76 Å². The van der Waals surface area contributed by atoms with Crippen LogP contribution in [0.25, 0.3) is 22.6 Å². The Morgan fingerprint density at radius 1 is 1.05 bits per heavy atom. The standard InChI is InChI=1S/C16H11F2NO2/c17-11-6-7-12(14(18)8-11)15-13(9-20)16(21-19-15)10-4-2-1-3-5-10/h1-8,20H,9H2. The van der Waals surface area contributed by atoms with E-state index in [9.17, 15) is 13.9 Å². The average molecular weight is 287 g/mol. The van der Waals surface area contributed by atoms with Crippen molar-refractivity contribution in [2.24, 2.45) is 0 Å². The zero-order valence-electron chi connectivity index (χ0n) is 10.9. The molecule has 1 N–H and O–H groups in total. The first kappa shape index (κ1) is 13.5. The van der Waals surface area contributed by atoms with E-state index >= 15 is 0 Å². The number of nitrogens with zero attached hydrogens (tertiary/aromatic N) is 1. The molecular formula is C16H11F2NO2. The zero-order chi connectivity index (χ0) is 14.8. The molecule has 106 valence electrons. The van der Waals surface area contributed by atoms with Gasteiger partial charge in [0.05, 0.1) is 12.2 Å². The van der Waals surface area contributed by atoms with Crippen LogP contribution in [0.3, 0.4) is 0 Å². The topological polar surface area (TPSA) is 46.3 Å². The molecule has 5 heteroatoms. The molecule has 1 heterocycles. The van der Waals surface area contributed by atoms with Crippen LogP contribution < -0.4 is 0 Å². The predicted octanol–water partition coefficient (Wildman–Crippen LogP) is 3.78. The Morgan fingerprint density at radius 3 is 2.48 bits per heavy atom. The van der Waals surface area contributed by atoms with Gasteiger partial charge in [0.1, 0.15) is 17.3 Å². The van der Waals surface area contributed by atoms with Crippen LogP contribution in [0.1, 0.15) is 5.56 Å². The van der Waals surface area contributed by atoms with Crippen LogP contribution in [0.5, 0.6) is 0 Å². The Bertz CT molecular complexity index is 769. The smallest absolute Gasteiger partial charge is 0.173 e. The summed E-state index contributed by atoms with van der Waals surface area (Å²) in [6.07, 6.45) is 0. The van der Waals surface area contributed by atoms with Gasteiger partial charge >= 0.3 is 0 Å². The van der Waals surface area contributed by atoms with E-state index in [1.165, 1.54) is 6.07 Å². The van der Waals surface area contributed by atoms with E-state index in [0.717, 1.165) is 17.7 Å². The fourth-order valence-electron chi connectivity index (χ4n) is 2.17. The minimum atomic E-state index is -0.752. The molecule has 0 aliphatic carbocycles. The van der Waals surface area contributed by atoms with Crippen molar-refractivity contribution in [1.29, 1.82) is 0 Å². The predicted molar refractivity (Wildman–Crippen MR) is 73.2 cm³/mol. The lowest BCUT2D eigenvalue weighted by Crippen LogP contribution is -1.92. The summed E-state index contributed by atoms with van der Waals surface area (Å²) in [6.45, 7) is -0.361. The average Bonchev–Trinajstić information content (AvgIpc) is 2.91. The molecule has 0 saturated heterocycles. The minimum Gasteiger partial charge on any atom is -0.391 e. The molecule has 3 aromatic rings. The summed E-state index contributed by atoms with van der Waals surface area (Å²) in [4.78, 5) is 0. The van der Waals surface area contributed by atoms with E-state index in [1.54, 1.807) is 12.1 Å². The minimum absolute atomic E-state index is 0.0892. The fraction of sp³-hybridized carbons (Fsp3) is 0.0625. The monoisotopic (exact) mass is 287 g/mol. The Hall–Kier alpha value is -2.53. The van der Waals surface area contributed by atoms with Gasteiger partial charge in [0.25, 0.3) is 0 Å². The molecule has 0 bridgehead atoms. The molecule has 2 aromatic carbocycles. The normalized spacial score (nSPS) is 10.8. The molecule has 1 aromatic heterocycles. The Labute approximate surface area is 119 Å². The SMILES string of the molecule is OCc1c(-c2ccc(F)cc2F)noc1-c1ccccc1. The molecule has 0 aliphatic heterocycles. The second-order valence-electron chi connectivity index (χ2n) is 4.49. The number of aliphatic hydroxyl groups is 1. The summed E-state index contributed by atoms with van der Waals surface area (Å²) >= 11 is 0. The summed E-state index contributed by atoms with van der Waals surface area (Å²) in [6, 6.07) is 12.3. The van der Waals surface area contributed by atoms with Gasteiger partial charge in [0, 0.05) is 17.2 Å². The maximum atomic E-state index is 13.9. The van der Waals surface area contributed by atoms with Crippen LogP contribution in [-0.2, 0) is 6.61 Å². The van der Waals surface area contributed by atoms with E-state index in [1.807, 2.05) is 18.2 Å². The van der Waals surface area contributed by atoms with Gasteiger partial charge in [-0.1, -0.05) is 35.5 Å². The third-order valence-electron chi connectivity index (χ3n) is 3.17. The summed E-state index contributed by atoms with van der Waals surface area (Å²) in [7, 11) is 0. The van der Waals surface area contributed by atoms with Gasteiger partial charge < -0.3 is 9.63 Å². The van der Waals surface area contributed by atoms with Gasteiger partial charge in [-0.3, -0.25) is 0 Å². The largest absolute Gasteiger partial charge is 0.391 e. The maximum absolute atomic E-state index is 13.9. The van der Waals surface area contributed by atoms with E-state index < -0.39 is 11.6 Å². The molecule has 3 rings (SSSR count). The molecule has 0 aliphatic rings. The molecule has 0 amide bonds. The molecule has 0 atom stereocenters. The van der Waals surface area contributed by atoms with Crippen LogP contribution in [0, 0.1) is 11.6 Å². The first-order chi connectivity index (χ1) is 10.2. The van der Waals surface area contributed by atoms with Crippen molar-refractivity contribution in [3.63, 3.8) is 0 Å². The third-order valence-corrected chi connectivity index (χ3v) is 3.17. The van der Waals surface area contributed by atoms with Crippen molar-refractivity contribution in [1.82, 2.24) is 5.16 Å². The first-order valence-corrected chi connectivity index (χ1v) is 6.31. The highest BCUT2D eigenvalue weighted by Gasteiger charge is 2.20. The lowest BCUT2D eigenvalue weighted by atomic mass is 10.0. The number of benzene rings is 2. The molecule has 21 heavy (non-hydrogen) atoms. The van der Waals surface area contributed by atoms with Crippen molar-refractivity contribution >= 4 is 0 Å². The number of halogens is 2. The van der Waals surface area contributed by atoms with Crippen molar-refractivity contribution in [2.45, 2.75) is 6.61 Å². The molecule has 0 saturated carbocycles. The van der Waals surface area contributed by atoms with E-state index in [-0.39, 0.29) is 17.9 Å². The molecule has 3 nitrogen and oxygen atoms in total. The second-order valence-corrected chi connectivity index (χ2v) is 4.49. The van der Waals surface area contributed by atoms with Gasteiger partial charge in [-0.2, -0.15) is 0 Å². The van der Waals surface area contributed by atoms with Gasteiger partial charge in [0.2, 0.25) is 0 Å². The molecule has 0 radical (unpaired) electrons. The molecule has 0 spiro atoms. The molecular weight excluding hydrogens is 276 g/mol. The van der Waals surface area contributed by atoms with E-state index in [0.29, 0.717) is 11.3 Å². The van der Waals surface area contributed by atoms with Crippen molar-refractivity contribution in [3.05, 3.63) is 65.7 Å². The van der Waals surface area contributed by atoms with Crippen molar-refractivity contribution in [2.75, 3.05) is 0 Å². The van der Waals surface area contributed by atoms with E-state index in [2.05, 4.69) is 5.16 Å². The lowest BCUT2D eigenvalue weighted by Gasteiger charge is -2.02. The van der Waals surface area contributed by atoms with Gasteiger partial charge in [-0.25, -0.2) is 8.78 Å². The summed E-state index contributed by atoms with van der Waals surface area (Å²) in [5, 5.41) is 13.4. The summed E-state index contributed by atoms with van der Waals surface area (Å²) < 4.78 is 32.1. The van der Waals surface area contributed by atoms with Crippen LogP contribution >= 0.6 is 0 Å². The van der Waals surface area contributed by atoms with E-state index in [4.69, 9.17) is 4.52 Å². The van der Waals surface area contributed by atoms with Crippen LogP contribution in [0.15, 0.2) is 53.1 Å².